The molecule has 0 unspecified atom stereocenters. The molecule has 4 amide bonds. The van der Waals surface area contributed by atoms with Gasteiger partial charge in [-0.25, -0.2) is 9.59 Å². The van der Waals surface area contributed by atoms with Gasteiger partial charge in [0.2, 0.25) is 0 Å². The minimum atomic E-state index is -0.553. The molecule has 8 nitrogen and oxygen atoms in total. The summed E-state index contributed by atoms with van der Waals surface area (Å²) in [7, 11) is 1.53. The molecule has 0 bridgehead atoms. The molecule has 0 aliphatic heterocycles. The molecular weight excluding hydrogens is 372 g/mol. The van der Waals surface area contributed by atoms with Crippen molar-refractivity contribution in [1.82, 2.24) is 10.6 Å². The Labute approximate surface area is 170 Å². The van der Waals surface area contributed by atoms with Crippen LogP contribution in [0.15, 0.2) is 48.5 Å². The van der Waals surface area contributed by atoms with Crippen molar-refractivity contribution in [1.29, 1.82) is 0 Å². The quantitative estimate of drug-likeness (QED) is 0.615. The van der Waals surface area contributed by atoms with Crippen LogP contribution in [0.4, 0.5) is 21.0 Å². The summed E-state index contributed by atoms with van der Waals surface area (Å²) in [5, 5.41) is 10.6. The Bertz CT molecular complexity index is 856. The lowest BCUT2D eigenvalue weighted by atomic mass is 10.1. The van der Waals surface area contributed by atoms with E-state index in [-0.39, 0.29) is 11.9 Å². The number of hydrogen-bond acceptors (Lipinski definition) is 4. The number of carbonyl (C=O) groups is 3. The van der Waals surface area contributed by atoms with Gasteiger partial charge in [0.05, 0.1) is 0 Å². The van der Waals surface area contributed by atoms with E-state index in [1.54, 1.807) is 69.3 Å². The standard InChI is InChI=1S/C21H26N4O4/c1-21(2,3)29-20(28)23-13-14-5-7-15(8-6-14)18(26)24-16-9-11-17(12-10-16)25-19(27)22-4/h5-12H,13H2,1-4H3,(H,23,28)(H,24,26)(H2,22,25,27). The van der Waals surface area contributed by atoms with Crippen LogP contribution >= 0.6 is 0 Å². The lowest BCUT2D eigenvalue weighted by molar-refractivity contribution is 0.0523. The van der Waals surface area contributed by atoms with Gasteiger partial charge in [0.15, 0.2) is 0 Å². The molecule has 0 saturated carbocycles. The van der Waals surface area contributed by atoms with E-state index >= 15 is 0 Å². The number of anilines is 2. The first kappa shape index (κ1) is 21.7. The summed E-state index contributed by atoms with van der Waals surface area (Å²) in [4.78, 5) is 35.3. The molecule has 2 aromatic rings. The Morgan fingerprint density at radius 1 is 0.862 bits per heavy atom. The fourth-order valence-corrected chi connectivity index (χ4v) is 2.30. The van der Waals surface area contributed by atoms with Gasteiger partial charge in [-0.15, -0.1) is 0 Å². The van der Waals surface area contributed by atoms with Crippen LogP contribution in [0.1, 0.15) is 36.7 Å². The molecule has 154 valence electrons. The van der Waals surface area contributed by atoms with Crippen LogP contribution in [0.25, 0.3) is 0 Å². The number of urea groups is 1. The summed E-state index contributed by atoms with van der Waals surface area (Å²) in [6, 6.07) is 13.4. The van der Waals surface area contributed by atoms with E-state index in [1.165, 1.54) is 7.05 Å². The molecule has 0 saturated heterocycles. The second kappa shape index (κ2) is 9.59. The maximum atomic E-state index is 12.4. The number of amides is 4. The Balaban J connectivity index is 1.88. The summed E-state index contributed by atoms with van der Waals surface area (Å²) >= 11 is 0. The number of benzene rings is 2. The number of rotatable bonds is 5. The molecule has 2 aromatic carbocycles. The highest BCUT2D eigenvalue weighted by Gasteiger charge is 2.15. The van der Waals surface area contributed by atoms with Crippen molar-refractivity contribution in [3.8, 4) is 0 Å². The topological polar surface area (TPSA) is 109 Å². The van der Waals surface area contributed by atoms with Crippen molar-refractivity contribution in [2.75, 3.05) is 17.7 Å². The highest BCUT2D eigenvalue weighted by Crippen LogP contribution is 2.15. The number of carbonyl (C=O) groups excluding carboxylic acids is 3. The zero-order valence-corrected chi connectivity index (χ0v) is 17.0. The van der Waals surface area contributed by atoms with Gasteiger partial charge in [-0.3, -0.25) is 4.79 Å². The summed E-state index contributed by atoms with van der Waals surface area (Å²) in [5.41, 5.74) is 2.00. The molecule has 29 heavy (non-hydrogen) atoms. The van der Waals surface area contributed by atoms with Gasteiger partial charge >= 0.3 is 12.1 Å². The SMILES string of the molecule is CNC(=O)Nc1ccc(NC(=O)c2ccc(CNC(=O)OC(C)(C)C)cc2)cc1. The number of ether oxygens (including phenoxy) is 1. The maximum Gasteiger partial charge on any atom is 0.407 e. The second-order valence-electron chi connectivity index (χ2n) is 7.29. The number of nitrogens with one attached hydrogen (secondary N) is 4. The maximum absolute atomic E-state index is 12.4. The third-order valence-corrected chi connectivity index (χ3v) is 3.68. The van der Waals surface area contributed by atoms with Gasteiger partial charge in [0.25, 0.3) is 5.91 Å². The van der Waals surface area contributed by atoms with Crippen LogP contribution in [0.3, 0.4) is 0 Å². The van der Waals surface area contributed by atoms with Crippen molar-refractivity contribution in [3.63, 3.8) is 0 Å². The van der Waals surface area contributed by atoms with Gasteiger partial charge < -0.3 is 26.0 Å². The smallest absolute Gasteiger partial charge is 0.407 e. The zero-order valence-electron chi connectivity index (χ0n) is 17.0. The van der Waals surface area contributed by atoms with Gasteiger partial charge in [-0.1, -0.05) is 12.1 Å². The van der Waals surface area contributed by atoms with Crippen molar-refractivity contribution < 1.29 is 19.1 Å². The van der Waals surface area contributed by atoms with Crippen LogP contribution in [0, 0.1) is 0 Å². The van der Waals surface area contributed by atoms with Crippen molar-refractivity contribution in [2.24, 2.45) is 0 Å². The minimum absolute atomic E-state index is 0.260. The van der Waals surface area contributed by atoms with Crippen molar-refractivity contribution >= 4 is 29.4 Å². The van der Waals surface area contributed by atoms with Crippen LogP contribution < -0.4 is 21.3 Å². The second-order valence-corrected chi connectivity index (χ2v) is 7.29. The van der Waals surface area contributed by atoms with Crippen molar-refractivity contribution in [2.45, 2.75) is 32.9 Å². The largest absolute Gasteiger partial charge is 0.444 e. The van der Waals surface area contributed by atoms with E-state index in [4.69, 9.17) is 4.74 Å². The predicted octanol–water partition coefficient (Wildman–Crippen LogP) is 3.71. The first-order valence-electron chi connectivity index (χ1n) is 9.12. The Morgan fingerprint density at radius 3 is 1.93 bits per heavy atom. The first-order valence-corrected chi connectivity index (χ1v) is 9.12. The van der Waals surface area contributed by atoms with E-state index in [9.17, 15) is 14.4 Å². The normalized spacial score (nSPS) is 10.6. The van der Waals surface area contributed by atoms with Crippen LogP contribution in [-0.2, 0) is 11.3 Å². The minimum Gasteiger partial charge on any atom is -0.444 e. The van der Waals surface area contributed by atoms with Gasteiger partial charge in [-0.2, -0.15) is 0 Å². The van der Waals surface area contributed by atoms with E-state index in [0.29, 0.717) is 23.5 Å². The van der Waals surface area contributed by atoms with Gasteiger partial charge in [0, 0.05) is 30.5 Å². The molecule has 0 heterocycles. The molecule has 0 aliphatic carbocycles. The Morgan fingerprint density at radius 2 is 1.41 bits per heavy atom. The van der Waals surface area contributed by atoms with E-state index in [1.807, 2.05) is 0 Å². The molecular formula is C21H26N4O4. The van der Waals surface area contributed by atoms with E-state index in [0.717, 1.165) is 5.56 Å². The Kier molecular flexibility index (Phi) is 7.19. The highest BCUT2D eigenvalue weighted by molar-refractivity contribution is 6.04. The van der Waals surface area contributed by atoms with Crippen LogP contribution in [0.5, 0.6) is 0 Å². The lowest BCUT2D eigenvalue weighted by Crippen LogP contribution is -2.32. The monoisotopic (exact) mass is 398 g/mol. The predicted molar refractivity (Wildman–Crippen MR) is 112 cm³/mol. The molecule has 0 spiro atoms. The van der Waals surface area contributed by atoms with E-state index in [2.05, 4.69) is 21.3 Å². The van der Waals surface area contributed by atoms with Crippen LogP contribution in [-0.4, -0.2) is 30.7 Å². The van der Waals surface area contributed by atoms with Crippen LogP contribution in [0.2, 0.25) is 0 Å². The lowest BCUT2D eigenvalue weighted by Gasteiger charge is -2.19. The Hall–Kier alpha value is -3.55. The van der Waals surface area contributed by atoms with Gasteiger partial charge in [0.1, 0.15) is 5.60 Å². The zero-order chi connectivity index (χ0) is 21.4. The molecule has 0 aliphatic rings. The molecule has 0 fully saturated rings. The molecule has 8 heteroatoms. The third-order valence-electron chi connectivity index (χ3n) is 3.68. The number of alkyl carbamates (subject to hydrolysis) is 1. The fraction of sp³-hybridized carbons (Fsp3) is 0.286. The molecule has 0 aromatic heterocycles. The summed E-state index contributed by atoms with van der Waals surface area (Å²) in [6.45, 7) is 5.69. The third kappa shape index (κ3) is 7.53. The average molecular weight is 398 g/mol. The first-order chi connectivity index (χ1) is 13.7. The fourth-order valence-electron chi connectivity index (χ4n) is 2.30. The van der Waals surface area contributed by atoms with E-state index < -0.39 is 11.7 Å². The highest BCUT2D eigenvalue weighted by atomic mass is 16.6. The molecule has 4 N–H and O–H groups in total. The summed E-state index contributed by atoms with van der Waals surface area (Å²) in [5.74, 6) is -0.260. The number of hydrogen-bond donors (Lipinski definition) is 4. The molecule has 2 rings (SSSR count). The van der Waals surface area contributed by atoms with Crippen molar-refractivity contribution in [3.05, 3.63) is 59.7 Å². The average Bonchev–Trinajstić information content (AvgIpc) is 2.67. The van der Waals surface area contributed by atoms with Gasteiger partial charge in [-0.05, 0) is 62.7 Å². The molecule has 0 atom stereocenters. The summed E-state index contributed by atoms with van der Waals surface area (Å²) in [6.07, 6.45) is -0.492. The summed E-state index contributed by atoms with van der Waals surface area (Å²) < 4.78 is 5.18. The molecule has 0 radical (unpaired) electrons.